The van der Waals surface area contributed by atoms with Gasteiger partial charge in [0.2, 0.25) is 10.0 Å². The Morgan fingerprint density at radius 1 is 1.23 bits per heavy atom. The van der Waals surface area contributed by atoms with Crippen LogP contribution in [0.25, 0.3) is 0 Å². The van der Waals surface area contributed by atoms with Crippen molar-refractivity contribution in [3.8, 4) is 5.75 Å². The number of sulfonamides is 1. The molecule has 0 bridgehead atoms. The Bertz CT molecular complexity index is 900. The summed E-state index contributed by atoms with van der Waals surface area (Å²) < 4.78 is 31.7. The molecular formula is C18H21ClN2O4S. The first-order chi connectivity index (χ1) is 12.2. The fourth-order valence-corrected chi connectivity index (χ4v) is 3.22. The van der Waals surface area contributed by atoms with Crippen molar-refractivity contribution in [1.82, 2.24) is 9.62 Å². The minimum Gasteiger partial charge on any atom is -0.492 e. The molecular weight excluding hydrogens is 376 g/mol. The lowest BCUT2D eigenvalue weighted by molar-refractivity contribution is 0.0773. The van der Waals surface area contributed by atoms with Gasteiger partial charge in [-0.1, -0.05) is 23.7 Å². The fraction of sp³-hybridized carbons (Fsp3) is 0.278. The monoisotopic (exact) mass is 396 g/mol. The van der Waals surface area contributed by atoms with E-state index in [-0.39, 0.29) is 21.4 Å². The Labute approximate surface area is 158 Å². The zero-order valence-corrected chi connectivity index (χ0v) is 16.4. The zero-order valence-electron chi connectivity index (χ0n) is 14.8. The summed E-state index contributed by atoms with van der Waals surface area (Å²) in [5.74, 6) is 0.349. The maximum atomic E-state index is 12.6. The van der Waals surface area contributed by atoms with Crippen LogP contribution in [0.2, 0.25) is 5.02 Å². The minimum absolute atomic E-state index is 0.0165. The molecule has 0 aliphatic heterocycles. The van der Waals surface area contributed by atoms with E-state index in [0.29, 0.717) is 13.2 Å². The highest BCUT2D eigenvalue weighted by Crippen LogP contribution is 2.22. The number of nitrogens with zero attached hydrogens (tertiary/aromatic N) is 1. The van der Waals surface area contributed by atoms with Crippen molar-refractivity contribution >= 4 is 27.5 Å². The van der Waals surface area contributed by atoms with E-state index in [1.54, 1.807) is 7.05 Å². The fourth-order valence-electron chi connectivity index (χ4n) is 2.27. The van der Waals surface area contributed by atoms with Crippen LogP contribution in [-0.2, 0) is 10.0 Å². The highest BCUT2D eigenvalue weighted by molar-refractivity contribution is 7.89. The number of ether oxygens (including phenoxy) is 1. The average molecular weight is 397 g/mol. The second-order valence-corrected chi connectivity index (χ2v) is 8.03. The zero-order chi connectivity index (χ0) is 19.3. The quantitative estimate of drug-likeness (QED) is 0.780. The minimum atomic E-state index is -3.66. The van der Waals surface area contributed by atoms with Crippen LogP contribution in [-0.4, -0.2) is 46.5 Å². The van der Waals surface area contributed by atoms with Crippen LogP contribution in [0.3, 0.4) is 0 Å². The van der Waals surface area contributed by atoms with Crippen molar-refractivity contribution < 1.29 is 17.9 Å². The topological polar surface area (TPSA) is 75.7 Å². The molecule has 6 nitrogen and oxygen atoms in total. The van der Waals surface area contributed by atoms with Crippen molar-refractivity contribution in [2.75, 3.05) is 27.2 Å². The smallest absolute Gasteiger partial charge is 0.255 e. The summed E-state index contributed by atoms with van der Waals surface area (Å²) in [6.07, 6.45) is 0. The summed E-state index contributed by atoms with van der Waals surface area (Å²) >= 11 is 6.08. The van der Waals surface area contributed by atoms with Crippen molar-refractivity contribution in [3.05, 3.63) is 58.6 Å². The van der Waals surface area contributed by atoms with Gasteiger partial charge in [0, 0.05) is 7.05 Å². The molecule has 1 N–H and O–H groups in total. The van der Waals surface area contributed by atoms with Gasteiger partial charge in [0.25, 0.3) is 5.91 Å². The molecule has 0 aromatic heterocycles. The van der Waals surface area contributed by atoms with Gasteiger partial charge in [-0.15, -0.1) is 0 Å². The molecule has 0 saturated heterocycles. The van der Waals surface area contributed by atoms with Crippen LogP contribution >= 0.6 is 11.6 Å². The normalized spacial score (nSPS) is 11.2. The predicted octanol–water partition coefficient (Wildman–Crippen LogP) is 2.71. The standard InChI is InChI=1S/C18H21ClN2O4S/c1-13-5-4-6-14(11-13)25-10-9-21(3)18(22)16-12-15(7-8-17(16)19)26(23,24)20-2/h4-8,11-12,20H,9-10H2,1-3H3. The largest absolute Gasteiger partial charge is 0.492 e. The van der Waals surface area contributed by atoms with Crippen molar-refractivity contribution in [3.63, 3.8) is 0 Å². The molecule has 0 unspecified atom stereocenters. The first-order valence-corrected chi connectivity index (χ1v) is 9.79. The molecule has 0 radical (unpaired) electrons. The molecule has 140 valence electrons. The van der Waals surface area contributed by atoms with Crippen LogP contribution in [0.5, 0.6) is 5.75 Å². The summed E-state index contributed by atoms with van der Waals surface area (Å²) in [7, 11) is -0.743. The SMILES string of the molecule is CNS(=O)(=O)c1ccc(Cl)c(C(=O)N(C)CCOc2cccc(C)c2)c1. The molecule has 26 heavy (non-hydrogen) atoms. The van der Waals surface area contributed by atoms with Gasteiger partial charge in [-0.25, -0.2) is 13.1 Å². The van der Waals surface area contributed by atoms with E-state index in [9.17, 15) is 13.2 Å². The third kappa shape index (κ3) is 4.97. The van der Waals surface area contributed by atoms with E-state index >= 15 is 0 Å². The molecule has 0 spiro atoms. The Hall–Kier alpha value is -2.09. The maximum absolute atomic E-state index is 12.6. The van der Waals surface area contributed by atoms with Crippen molar-refractivity contribution in [1.29, 1.82) is 0 Å². The Balaban J connectivity index is 2.06. The predicted molar refractivity (Wildman–Crippen MR) is 101 cm³/mol. The summed E-state index contributed by atoms with van der Waals surface area (Å²) in [6.45, 7) is 2.60. The summed E-state index contributed by atoms with van der Waals surface area (Å²) in [4.78, 5) is 14.0. The molecule has 0 aliphatic carbocycles. The van der Waals surface area contributed by atoms with Gasteiger partial charge in [-0.05, 0) is 49.9 Å². The summed E-state index contributed by atoms with van der Waals surface area (Å²) in [6, 6.07) is 11.6. The second kappa shape index (κ2) is 8.53. The molecule has 0 atom stereocenters. The lowest BCUT2D eigenvalue weighted by Crippen LogP contribution is -2.31. The highest BCUT2D eigenvalue weighted by Gasteiger charge is 2.19. The molecule has 0 fully saturated rings. The number of likely N-dealkylation sites (N-methyl/N-ethyl adjacent to an activating group) is 1. The van der Waals surface area contributed by atoms with Gasteiger partial charge < -0.3 is 9.64 Å². The van der Waals surface area contributed by atoms with Crippen molar-refractivity contribution in [2.45, 2.75) is 11.8 Å². The third-order valence-electron chi connectivity index (χ3n) is 3.78. The van der Waals surface area contributed by atoms with Crippen LogP contribution in [0.1, 0.15) is 15.9 Å². The van der Waals surface area contributed by atoms with E-state index in [4.69, 9.17) is 16.3 Å². The van der Waals surface area contributed by atoms with E-state index in [1.807, 2.05) is 31.2 Å². The number of carbonyl (C=O) groups excluding carboxylic acids is 1. The Morgan fingerprint density at radius 3 is 2.62 bits per heavy atom. The van der Waals surface area contributed by atoms with Crippen LogP contribution in [0.15, 0.2) is 47.4 Å². The van der Waals surface area contributed by atoms with Crippen LogP contribution < -0.4 is 9.46 Å². The third-order valence-corrected chi connectivity index (χ3v) is 5.52. The lowest BCUT2D eigenvalue weighted by Gasteiger charge is -2.19. The number of rotatable bonds is 7. The van der Waals surface area contributed by atoms with Crippen LogP contribution in [0.4, 0.5) is 0 Å². The molecule has 2 aromatic carbocycles. The highest BCUT2D eigenvalue weighted by atomic mass is 35.5. The van der Waals surface area contributed by atoms with Crippen molar-refractivity contribution in [2.24, 2.45) is 0 Å². The molecule has 0 heterocycles. The van der Waals surface area contributed by atoms with E-state index in [0.717, 1.165) is 11.3 Å². The number of hydrogen-bond acceptors (Lipinski definition) is 4. The van der Waals surface area contributed by atoms with Gasteiger partial charge in [0.15, 0.2) is 0 Å². The summed E-state index contributed by atoms with van der Waals surface area (Å²) in [5.41, 5.74) is 1.21. The second-order valence-electron chi connectivity index (χ2n) is 5.74. The van der Waals surface area contributed by atoms with Gasteiger partial charge >= 0.3 is 0 Å². The maximum Gasteiger partial charge on any atom is 0.255 e. The number of nitrogens with one attached hydrogen (secondary N) is 1. The van der Waals surface area contributed by atoms with E-state index in [1.165, 1.54) is 30.1 Å². The Morgan fingerprint density at radius 2 is 1.96 bits per heavy atom. The van der Waals surface area contributed by atoms with Gasteiger partial charge in [-0.3, -0.25) is 4.79 Å². The number of benzene rings is 2. The molecule has 8 heteroatoms. The Kier molecular flexibility index (Phi) is 6.63. The number of halogens is 1. The van der Waals surface area contributed by atoms with Gasteiger partial charge in [0.05, 0.1) is 22.0 Å². The molecule has 2 rings (SSSR count). The first kappa shape index (κ1) is 20.2. The molecule has 1 amide bonds. The summed E-state index contributed by atoms with van der Waals surface area (Å²) in [5, 5.41) is 0.191. The number of carbonyl (C=O) groups is 1. The molecule has 0 saturated carbocycles. The van der Waals surface area contributed by atoms with Crippen LogP contribution in [0, 0.1) is 6.92 Å². The van der Waals surface area contributed by atoms with E-state index in [2.05, 4.69) is 4.72 Å². The number of amides is 1. The number of hydrogen-bond donors (Lipinski definition) is 1. The van der Waals surface area contributed by atoms with Gasteiger partial charge in [0.1, 0.15) is 12.4 Å². The van der Waals surface area contributed by atoms with E-state index < -0.39 is 10.0 Å². The van der Waals surface area contributed by atoms with Gasteiger partial charge in [-0.2, -0.15) is 0 Å². The molecule has 0 aliphatic rings. The first-order valence-electron chi connectivity index (χ1n) is 7.92. The molecule has 2 aromatic rings. The number of aryl methyl sites for hydroxylation is 1. The average Bonchev–Trinajstić information content (AvgIpc) is 2.61. The lowest BCUT2D eigenvalue weighted by atomic mass is 10.2.